The van der Waals surface area contributed by atoms with E-state index in [1.807, 2.05) is 12.1 Å². The predicted octanol–water partition coefficient (Wildman–Crippen LogP) is 3.01. The maximum atomic E-state index is 5.70. The first kappa shape index (κ1) is 15.5. The molecule has 0 saturated heterocycles. The van der Waals surface area contributed by atoms with Gasteiger partial charge in [-0.1, -0.05) is 42.0 Å². The van der Waals surface area contributed by atoms with Gasteiger partial charge in [-0.25, -0.2) is 0 Å². The van der Waals surface area contributed by atoms with Gasteiger partial charge in [-0.2, -0.15) is 0 Å². The molecule has 1 atom stereocenters. The minimum absolute atomic E-state index is 0.262. The Labute approximate surface area is 127 Å². The van der Waals surface area contributed by atoms with E-state index in [2.05, 4.69) is 48.7 Å². The monoisotopic (exact) mass is 284 g/mol. The van der Waals surface area contributed by atoms with Gasteiger partial charge < -0.3 is 4.74 Å². The molecule has 0 spiro atoms. The first-order valence-electron chi connectivity index (χ1n) is 7.36. The number of nitrogens with two attached hydrogens (primary N) is 1. The number of benzene rings is 2. The van der Waals surface area contributed by atoms with Gasteiger partial charge in [0.15, 0.2) is 0 Å². The third kappa shape index (κ3) is 4.88. The van der Waals surface area contributed by atoms with Gasteiger partial charge in [0.25, 0.3) is 0 Å². The lowest BCUT2D eigenvalue weighted by atomic mass is 9.99. The Hall–Kier alpha value is -1.84. The molecule has 2 aromatic carbocycles. The molecule has 1 unspecified atom stereocenters. The normalized spacial score (nSPS) is 12.1. The summed E-state index contributed by atoms with van der Waals surface area (Å²) in [5, 5.41) is 0. The van der Waals surface area contributed by atoms with Crippen LogP contribution in [0, 0.1) is 6.92 Å². The fourth-order valence-corrected chi connectivity index (χ4v) is 2.54. The van der Waals surface area contributed by atoms with Crippen LogP contribution in [-0.2, 0) is 12.8 Å². The Balaban J connectivity index is 1.93. The van der Waals surface area contributed by atoms with Crippen molar-refractivity contribution in [3.8, 4) is 5.75 Å². The van der Waals surface area contributed by atoms with Gasteiger partial charge in [0.2, 0.25) is 0 Å². The summed E-state index contributed by atoms with van der Waals surface area (Å²) >= 11 is 0. The largest absolute Gasteiger partial charge is 0.497 e. The summed E-state index contributed by atoms with van der Waals surface area (Å²) < 4.78 is 5.26. The summed E-state index contributed by atoms with van der Waals surface area (Å²) in [4.78, 5) is 0. The maximum absolute atomic E-state index is 5.70. The Kier molecular flexibility index (Phi) is 5.78. The zero-order valence-electron chi connectivity index (χ0n) is 12.8. The maximum Gasteiger partial charge on any atom is 0.119 e. The molecule has 0 heterocycles. The molecule has 0 amide bonds. The average molecular weight is 284 g/mol. The number of hydrogen-bond acceptors (Lipinski definition) is 3. The van der Waals surface area contributed by atoms with E-state index in [4.69, 9.17) is 10.6 Å². The summed E-state index contributed by atoms with van der Waals surface area (Å²) in [6.07, 6.45) is 2.94. The Morgan fingerprint density at radius 3 is 2.57 bits per heavy atom. The SMILES string of the molecule is COc1cccc(CC(CCc2cccc(C)c2)NN)c1. The summed E-state index contributed by atoms with van der Waals surface area (Å²) in [5.74, 6) is 6.59. The van der Waals surface area contributed by atoms with Gasteiger partial charge >= 0.3 is 0 Å². The van der Waals surface area contributed by atoms with Crippen molar-refractivity contribution in [2.45, 2.75) is 32.2 Å². The van der Waals surface area contributed by atoms with Crippen molar-refractivity contribution in [3.63, 3.8) is 0 Å². The molecule has 3 nitrogen and oxygen atoms in total. The summed E-state index contributed by atoms with van der Waals surface area (Å²) in [6, 6.07) is 17.1. The standard InChI is InChI=1S/C18H24N2O/c1-14-5-3-6-15(11-14)9-10-17(20-19)12-16-7-4-8-18(13-16)21-2/h3-8,11,13,17,20H,9-10,12,19H2,1-2H3. The molecule has 21 heavy (non-hydrogen) atoms. The number of methoxy groups -OCH3 is 1. The van der Waals surface area contributed by atoms with Crippen LogP contribution in [0.25, 0.3) is 0 Å². The van der Waals surface area contributed by atoms with Crippen LogP contribution in [0.5, 0.6) is 5.75 Å². The highest BCUT2D eigenvalue weighted by Crippen LogP contribution is 2.16. The topological polar surface area (TPSA) is 47.3 Å². The van der Waals surface area contributed by atoms with Crippen LogP contribution in [0.2, 0.25) is 0 Å². The molecular weight excluding hydrogens is 260 g/mol. The van der Waals surface area contributed by atoms with E-state index < -0.39 is 0 Å². The Morgan fingerprint density at radius 2 is 1.86 bits per heavy atom. The third-order valence-electron chi connectivity index (χ3n) is 3.72. The van der Waals surface area contributed by atoms with E-state index >= 15 is 0 Å². The second-order valence-electron chi connectivity index (χ2n) is 5.45. The quantitative estimate of drug-likeness (QED) is 0.607. The van der Waals surface area contributed by atoms with Crippen LogP contribution < -0.4 is 16.0 Å². The van der Waals surface area contributed by atoms with Crippen LogP contribution in [0.3, 0.4) is 0 Å². The van der Waals surface area contributed by atoms with Crippen LogP contribution in [0.1, 0.15) is 23.1 Å². The number of nitrogens with one attached hydrogen (secondary N) is 1. The van der Waals surface area contributed by atoms with Gasteiger partial charge in [0.1, 0.15) is 5.75 Å². The van der Waals surface area contributed by atoms with Crippen LogP contribution >= 0.6 is 0 Å². The molecule has 0 aromatic heterocycles. The van der Waals surface area contributed by atoms with Gasteiger partial charge in [0, 0.05) is 6.04 Å². The molecule has 0 aliphatic carbocycles. The van der Waals surface area contributed by atoms with E-state index in [-0.39, 0.29) is 6.04 Å². The highest BCUT2D eigenvalue weighted by Gasteiger charge is 2.09. The fourth-order valence-electron chi connectivity index (χ4n) is 2.54. The lowest BCUT2D eigenvalue weighted by molar-refractivity contribution is 0.413. The third-order valence-corrected chi connectivity index (χ3v) is 3.72. The number of aryl methyl sites for hydroxylation is 2. The van der Waals surface area contributed by atoms with E-state index in [0.717, 1.165) is 25.0 Å². The molecule has 0 saturated carbocycles. The number of hydrazine groups is 1. The van der Waals surface area contributed by atoms with E-state index in [0.29, 0.717) is 0 Å². The molecule has 0 aliphatic rings. The highest BCUT2D eigenvalue weighted by atomic mass is 16.5. The minimum atomic E-state index is 0.262. The molecule has 2 rings (SSSR count). The van der Waals surface area contributed by atoms with E-state index in [1.54, 1.807) is 7.11 Å². The number of ether oxygens (including phenoxy) is 1. The van der Waals surface area contributed by atoms with Crippen molar-refractivity contribution < 1.29 is 4.74 Å². The van der Waals surface area contributed by atoms with Crippen LogP contribution in [-0.4, -0.2) is 13.2 Å². The fraction of sp³-hybridized carbons (Fsp3) is 0.333. The zero-order chi connectivity index (χ0) is 15.1. The molecular formula is C18H24N2O. The lowest BCUT2D eigenvalue weighted by Crippen LogP contribution is -2.37. The first-order chi connectivity index (χ1) is 10.2. The number of rotatable bonds is 7. The first-order valence-corrected chi connectivity index (χ1v) is 7.36. The van der Waals surface area contributed by atoms with Crippen LogP contribution in [0.15, 0.2) is 48.5 Å². The van der Waals surface area contributed by atoms with E-state index in [1.165, 1.54) is 16.7 Å². The summed E-state index contributed by atoms with van der Waals surface area (Å²) in [6.45, 7) is 2.12. The van der Waals surface area contributed by atoms with Crippen LogP contribution in [0.4, 0.5) is 0 Å². The van der Waals surface area contributed by atoms with Crippen molar-refractivity contribution in [3.05, 3.63) is 65.2 Å². The molecule has 3 heteroatoms. The highest BCUT2D eigenvalue weighted by molar-refractivity contribution is 5.29. The predicted molar refractivity (Wildman–Crippen MR) is 87.3 cm³/mol. The van der Waals surface area contributed by atoms with Crippen molar-refractivity contribution in [2.24, 2.45) is 5.84 Å². The minimum Gasteiger partial charge on any atom is -0.497 e. The molecule has 0 radical (unpaired) electrons. The van der Waals surface area contributed by atoms with Crippen molar-refractivity contribution in [1.29, 1.82) is 0 Å². The van der Waals surface area contributed by atoms with Crippen molar-refractivity contribution >= 4 is 0 Å². The smallest absolute Gasteiger partial charge is 0.119 e. The van der Waals surface area contributed by atoms with Crippen molar-refractivity contribution in [2.75, 3.05) is 7.11 Å². The second kappa shape index (κ2) is 7.81. The number of hydrogen-bond donors (Lipinski definition) is 2. The van der Waals surface area contributed by atoms with Gasteiger partial charge in [-0.15, -0.1) is 0 Å². The van der Waals surface area contributed by atoms with Crippen molar-refractivity contribution in [1.82, 2.24) is 5.43 Å². The summed E-state index contributed by atoms with van der Waals surface area (Å²) in [7, 11) is 1.69. The lowest BCUT2D eigenvalue weighted by Gasteiger charge is -2.16. The van der Waals surface area contributed by atoms with Gasteiger partial charge in [0.05, 0.1) is 7.11 Å². The van der Waals surface area contributed by atoms with Gasteiger partial charge in [-0.3, -0.25) is 11.3 Å². The molecule has 112 valence electrons. The Bertz CT molecular complexity index is 569. The van der Waals surface area contributed by atoms with E-state index in [9.17, 15) is 0 Å². The molecule has 2 aromatic rings. The second-order valence-corrected chi connectivity index (χ2v) is 5.45. The molecule has 3 N–H and O–H groups in total. The summed E-state index contributed by atoms with van der Waals surface area (Å²) in [5.41, 5.74) is 6.83. The molecule has 0 bridgehead atoms. The zero-order valence-corrected chi connectivity index (χ0v) is 12.8. The molecule has 0 aliphatic heterocycles. The average Bonchev–Trinajstić information content (AvgIpc) is 2.51. The Morgan fingerprint density at radius 1 is 1.10 bits per heavy atom. The molecule has 0 fully saturated rings. The van der Waals surface area contributed by atoms with Gasteiger partial charge in [-0.05, 0) is 49.4 Å².